The Morgan fingerprint density at radius 3 is 2.53 bits per heavy atom. The van der Waals surface area contributed by atoms with E-state index in [-0.39, 0.29) is 10.7 Å². The molecule has 1 aromatic rings. The maximum Gasteiger partial charge on any atom is 0.238 e. The molecule has 0 bridgehead atoms. The van der Waals surface area contributed by atoms with Crippen LogP contribution in [0, 0.1) is 0 Å². The van der Waals surface area contributed by atoms with Crippen LogP contribution in [-0.4, -0.2) is 14.2 Å². The average Bonchev–Trinajstić information content (AvgIpc) is 2.47. The predicted molar refractivity (Wildman–Crippen MR) is 55.5 cm³/mol. The molecule has 80 valence electrons. The van der Waals surface area contributed by atoms with Gasteiger partial charge in [0.25, 0.3) is 0 Å². The summed E-state index contributed by atoms with van der Waals surface area (Å²) in [6, 6.07) is 2.58. The first-order chi connectivity index (χ1) is 6.89. The van der Waals surface area contributed by atoms with Gasteiger partial charge in [0.2, 0.25) is 10.0 Å². The van der Waals surface area contributed by atoms with Gasteiger partial charge >= 0.3 is 0 Å². The van der Waals surface area contributed by atoms with Crippen LogP contribution in [0.5, 0.6) is 0 Å². The number of hydrogen-bond donors (Lipinski definition) is 1. The minimum atomic E-state index is -3.81. The summed E-state index contributed by atoms with van der Waals surface area (Å²) in [5.74, 6) is -0.0857. The maximum absolute atomic E-state index is 11.4. The van der Waals surface area contributed by atoms with Crippen LogP contribution < -0.4 is 5.14 Å². The highest BCUT2D eigenvalue weighted by atomic mass is 35.5. The number of ketones is 1. The van der Waals surface area contributed by atoms with Gasteiger partial charge in [0.05, 0.1) is 4.90 Å². The summed E-state index contributed by atoms with van der Waals surface area (Å²) in [5, 5.41) is 5.26. The van der Waals surface area contributed by atoms with Crippen LogP contribution in [0.1, 0.15) is 22.3 Å². The van der Waals surface area contributed by atoms with E-state index in [1.54, 1.807) is 0 Å². The number of fused-ring (bicyclic) bond motifs is 1. The van der Waals surface area contributed by atoms with E-state index in [0.29, 0.717) is 29.0 Å². The van der Waals surface area contributed by atoms with Crippen molar-refractivity contribution in [3.63, 3.8) is 0 Å². The first kappa shape index (κ1) is 10.6. The van der Waals surface area contributed by atoms with Crippen molar-refractivity contribution in [3.05, 3.63) is 28.3 Å². The molecular formula is C9H8ClNO3S. The zero-order valence-electron chi connectivity index (χ0n) is 7.66. The van der Waals surface area contributed by atoms with Gasteiger partial charge < -0.3 is 0 Å². The van der Waals surface area contributed by atoms with Crippen molar-refractivity contribution in [1.29, 1.82) is 0 Å². The molecule has 0 aliphatic heterocycles. The van der Waals surface area contributed by atoms with Crippen molar-refractivity contribution >= 4 is 27.4 Å². The van der Waals surface area contributed by atoms with Crippen LogP contribution >= 0.6 is 11.6 Å². The number of primary sulfonamides is 1. The Bertz CT molecular complexity index is 551. The second-order valence-electron chi connectivity index (χ2n) is 3.40. The van der Waals surface area contributed by atoms with Gasteiger partial charge in [-0.1, -0.05) is 11.6 Å². The van der Waals surface area contributed by atoms with Crippen LogP contribution in [0.4, 0.5) is 0 Å². The minimum absolute atomic E-state index is 0.0857. The normalized spacial score (nSPS) is 15.5. The summed E-state index contributed by atoms with van der Waals surface area (Å²) >= 11 is 5.87. The zero-order chi connectivity index (χ0) is 11.2. The number of carbonyl (C=O) groups is 1. The molecule has 2 N–H and O–H groups in total. The lowest BCUT2D eigenvalue weighted by atomic mass is 10.1. The largest absolute Gasteiger partial charge is 0.294 e. The van der Waals surface area contributed by atoms with Gasteiger partial charge in [-0.25, -0.2) is 13.6 Å². The lowest BCUT2D eigenvalue weighted by molar-refractivity contribution is 0.0994. The van der Waals surface area contributed by atoms with Crippen LogP contribution in [-0.2, 0) is 16.4 Å². The molecule has 0 amide bonds. The third kappa shape index (κ3) is 1.78. The van der Waals surface area contributed by atoms with Crippen molar-refractivity contribution in [3.8, 4) is 0 Å². The Kier molecular flexibility index (Phi) is 2.33. The van der Waals surface area contributed by atoms with Gasteiger partial charge in [-0.05, 0) is 24.1 Å². The number of carbonyl (C=O) groups excluding carboxylic acids is 1. The fourth-order valence-electron chi connectivity index (χ4n) is 1.65. The van der Waals surface area contributed by atoms with Crippen LogP contribution in [0.15, 0.2) is 17.0 Å². The molecule has 1 aliphatic carbocycles. The van der Waals surface area contributed by atoms with E-state index in [2.05, 4.69) is 0 Å². The molecule has 0 saturated carbocycles. The predicted octanol–water partition coefficient (Wildman–Crippen LogP) is 1.12. The Labute approximate surface area is 92.1 Å². The number of nitrogens with two attached hydrogens (primary N) is 1. The van der Waals surface area contributed by atoms with Gasteiger partial charge in [-0.15, -0.1) is 0 Å². The summed E-state index contributed by atoms with van der Waals surface area (Å²) in [6.45, 7) is 0. The van der Waals surface area contributed by atoms with E-state index in [0.717, 1.165) is 0 Å². The van der Waals surface area contributed by atoms with Gasteiger partial charge in [-0.3, -0.25) is 4.79 Å². The number of Topliss-reactive ketones (excluding diaryl/α,β-unsaturated/α-hetero) is 1. The zero-order valence-corrected chi connectivity index (χ0v) is 9.23. The molecule has 6 heteroatoms. The van der Waals surface area contributed by atoms with E-state index < -0.39 is 10.0 Å². The summed E-state index contributed by atoms with van der Waals surface area (Å²) in [5.41, 5.74) is 1.10. The monoisotopic (exact) mass is 245 g/mol. The third-order valence-electron chi connectivity index (χ3n) is 2.40. The highest BCUT2D eigenvalue weighted by molar-refractivity contribution is 7.89. The fraction of sp³-hybridized carbons (Fsp3) is 0.222. The van der Waals surface area contributed by atoms with E-state index in [9.17, 15) is 13.2 Å². The summed E-state index contributed by atoms with van der Waals surface area (Å²) < 4.78 is 22.2. The van der Waals surface area contributed by atoms with Gasteiger partial charge in [-0.2, -0.15) is 0 Å². The third-order valence-corrected chi connectivity index (χ3v) is 3.63. The fourth-order valence-corrected chi connectivity index (χ4v) is 2.59. The molecule has 0 spiro atoms. The smallest absolute Gasteiger partial charge is 0.238 e. The van der Waals surface area contributed by atoms with Crippen LogP contribution in [0.25, 0.3) is 0 Å². The molecule has 0 radical (unpaired) electrons. The second kappa shape index (κ2) is 3.30. The van der Waals surface area contributed by atoms with E-state index in [1.807, 2.05) is 0 Å². The SMILES string of the molecule is NS(=O)(=O)c1cc(Cl)c2c(c1)C(=O)CC2. The summed E-state index contributed by atoms with van der Waals surface area (Å²) in [4.78, 5) is 11.3. The Morgan fingerprint density at radius 1 is 1.27 bits per heavy atom. The number of halogens is 1. The molecule has 15 heavy (non-hydrogen) atoms. The molecule has 0 atom stereocenters. The minimum Gasteiger partial charge on any atom is -0.294 e. The molecule has 1 aliphatic rings. The van der Waals surface area contributed by atoms with Crippen molar-refractivity contribution < 1.29 is 13.2 Å². The first-order valence-corrected chi connectivity index (χ1v) is 6.20. The van der Waals surface area contributed by atoms with E-state index in [4.69, 9.17) is 16.7 Å². The molecule has 0 unspecified atom stereocenters. The summed E-state index contributed by atoms with van der Waals surface area (Å²) in [7, 11) is -3.81. The lowest BCUT2D eigenvalue weighted by Crippen LogP contribution is -2.13. The van der Waals surface area contributed by atoms with E-state index >= 15 is 0 Å². The lowest BCUT2D eigenvalue weighted by Gasteiger charge is -2.04. The molecule has 0 fully saturated rings. The van der Waals surface area contributed by atoms with Crippen molar-refractivity contribution in [2.45, 2.75) is 17.7 Å². The number of hydrogen-bond acceptors (Lipinski definition) is 3. The van der Waals surface area contributed by atoms with Crippen molar-refractivity contribution in [2.24, 2.45) is 5.14 Å². The Morgan fingerprint density at radius 2 is 1.93 bits per heavy atom. The standard InChI is InChI=1S/C9H8ClNO3S/c10-8-4-5(15(11,13)14)3-7-6(8)1-2-9(7)12/h3-4H,1-2H2,(H2,11,13,14). The highest BCUT2D eigenvalue weighted by Crippen LogP contribution is 2.31. The number of rotatable bonds is 1. The quantitative estimate of drug-likeness (QED) is 0.805. The molecule has 4 nitrogen and oxygen atoms in total. The topological polar surface area (TPSA) is 77.2 Å². The molecule has 2 rings (SSSR count). The van der Waals surface area contributed by atoms with E-state index in [1.165, 1.54) is 12.1 Å². The molecule has 0 heterocycles. The number of benzene rings is 1. The van der Waals surface area contributed by atoms with Gasteiger partial charge in [0.15, 0.2) is 5.78 Å². The van der Waals surface area contributed by atoms with Gasteiger partial charge in [0, 0.05) is 17.0 Å². The second-order valence-corrected chi connectivity index (χ2v) is 5.37. The first-order valence-electron chi connectivity index (χ1n) is 4.28. The molecular weight excluding hydrogens is 238 g/mol. The van der Waals surface area contributed by atoms with Gasteiger partial charge in [0.1, 0.15) is 0 Å². The van der Waals surface area contributed by atoms with Crippen LogP contribution in [0.3, 0.4) is 0 Å². The highest BCUT2D eigenvalue weighted by Gasteiger charge is 2.24. The Hall–Kier alpha value is -0.910. The maximum atomic E-state index is 11.4. The summed E-state index contributed by atoms with van der Waals surface area (Å²) in [6.07, 6.45) is 0.945. The average molecular weight is 246 g/mol. The molecule has 1 aromatic carbocycles. The van der Waals surface area contributed by atoms with Crippen molar-refractivity contribution in [2.75, 3.05) is 0 Å². The molecule has 0 saturated heterocycles. The Balaban J connectivity index is 2.71. The molecule has 0 aromatic heterocycles. The van der Waals surface area contributed by atoms with Crippen LogP contribution in [0.2, 0.25) is 5.02 Å². The van der Waals surface area contributed by atoms with Crippen molar-refractivity contribution in [1.82, 2.24) is 0 Å². The number of sulfonamides is 1.